The van der Waals surface area contributed by atoms with Crippen LogP contribution < -0.4 is 15.4 Å². The first kappa shape index (κ1) is 22.1. The Kier molecular flexibility index (Phi) is 8.08. The number of guanidine groups is 1. The van der Waals surface area contributed by atoms with E-state index in [4.69, 9.17) is 9.73 Å². The van der Waals surface area contributed by atoms with Crippen LogP contribution in [0.2, 0.25) is 0 Å². The molecule has 2 N–H and O–H groups in total. The molecule has 1 heterocycles. The predicted molar refractivity (Wildman–Crippen MR) is 122 cm³/mol. The largest absolute Gasteiger partial charge is 0.491 e. The summed E-state index contributed by atoms with van der Waals surface area (Å²) in [6.45, 7) is 7.60. The Morgan fingerprint density at radius 2 is 1.97 bits per heavy atom. The Bertz CT molecular complexity index is 822. The second kappa shape index (κ2) is 11.0. The molecule has 162 valence electrons. The van der Waals surface area contributed by atoms with Crippen molar-refractivity contribution in [2.24, 2.45) is 10.9 Å². The minimum atomic E-state index is -0.166. The molecule has 0 radical (unpaired) electrons. The molecular weight excluding hydrogens is 379 g/mol. The molecule has 5 nitrogen and oxygen atoms in total. The highest BCUT2D eigenvalue weighted by molar-refractivity contribution is 5.93. The summed E-state index contributed by atoms with van der Waals surface area (Å²) in [4.78, 5) is 7.14. The number of benzene rings is 2. The highest BCUT2D eigenvalue weighted by Gasteiger charge is 2.19. The van der Waals surface area contributed by atoms with E-state index in [1.54, 1.807) is 6.07 Å². The summed E-state index contributed by atoms with van der Waals surface area (Å²) in [5.74, 6) is 1.97. The van der Waals surface area contributed by atoms with Crippen LogP contribution in [-0.2, 0) is 6.42 Å². The molecule has 2 aromatic carbocycles. The van der Waals surface area contributed by atoms with Crippen LogP contribution in [0, 0.1) is 11.7 Å². The second-order valence-corrected chi connectivity index (χ2v) is 8.19. The summed E-state index contributed by atoms with van der Waals surface area (Å²) in [6, 6.07) is 14.8. The van der Waals surface area contributed by atoms with Gasteiger partial charge in [-0.05, 0) is 82.1 Å². The smallest absolute Gasteiger partial charge is 0.195 e. The van der Waals surface area contributed by atoms with E-state index >= 15 is 0 Å². The van der Waals surface area contributed by atoms with Crippen molar-refractivity contribution in [2.45, 2.75) is 32.8 Å². The van der Waals surface area contributed by atoms with E-state index in [0.717, 1.165) is 37.0 Å². The van der Waals surface area contributed by atoms with Crippen molar-refractivity contribution < 1.29 is 9.13 Å². The molecule has 1 atom stereocenters. The Balaban J connectivity index is 1.61. The SMILES string of the molecule is CC(C)Oc1ccc(NC(=NCC2CCN(C)C2)NCCc2ccccc2F)cc1. The van der Waals surface area contributed by atoms with Gasteiger partial charge in [0.2, 0.25) is 0 Å². The number of nitrogens with zero attached hydrogens (tertiary/aromatic N) is 2. The number of likely N-dealkylation sites (tertiary alicyclic amines) is 1. The van der Waals surface area contributed by atoms with E-state index in [1.165, 1.54) is 12.5 Å². The number of rotatable bonds is 8. The topological polar surface area (TPSA) is 48.9 Å². The lowest BCUT2D eigenvalue weighted by molar-refractivity contribution is 0.242. The Morgan fingerprint density at radius 1 is 1.20 bits per heavy atom. The predicted octanol–water partition coefficient (Wildman–Crippen LogP) is 4.16. The number of halogens is 1. The van der Waals surface area contributed by atoms with Crippen molar-refractivity contribution in [3.63, 3.8) is 0 Å². The van der Waals surface area contributed by atoms with Crippen molar-refractivity contribution in [2.75, 3.05) is 38.5 Å². The lowest BCUT2D eigenvalue weighted by Gasteiger charge is -2.15. The monoisotopic (exact) mass is 412 g/mol. The van der Waals surface area contributed by atoms with Gasteiger partial charge in [0.1, 0.15) is 11.6 Å². The first-order valence-electron chi connectivity index (χ1n) is 10.7. The molecule has 1 saturated heterocycles. The summed E-state index contributed by atoms with van der Waals surface area (Å²) < 4.78 is 19.6. The van der Waals surface area contributed by atoms with Gasteiger partial charge in [-0.25, -0.2) is 4.39 Å². The molecule has 0 saturated carbocycles. The number of ether oxygens (including phenoxy) is 1. The normalized spacial score (nSPS) is 17.4. The third-order valence-electron chi connectivity index (χ3n) is 5.13. The van der Waals surface area contributed by atoms with Gasteiger partial charge in [-0.2, -0.15) is 0 Å². The fourth-order valence-corrected chi connectivity index (χ4v) is 3.58. The molecule has 0 bridgehead atoms. The standard InChI is InChI=1S/C24H33FN4O/c1-18(2)30-22-10-8-21(9-11-22)28-24(27-16-19-13-15-29(3)17-19)26-14-12-20-6-4-5-7-23(20)25/h4-11,18-19H,12-17H2,1-3H3,(H2,26,27,28). The second-order valence-electron chi connectivity index (χ2n) is 8.19. The van der Waals surface area contributed by atoms with Crippen LogP contribution in [0.3, 0.4) is 0 Å². The zero-order valence-electron chi connectivity index (χ0n) is 18.2. The van der Waals surface area contributed by atoms with Gasteiger partial charge in [0.05, 0.1) is 6.10 Å². The van der Waals surface area contributed by atoms with E-state index in [-0.39, 0.29) is 11.9 Å². The first-order valence-corrected chi connectivity index (χ1v) is 10.7. The third kappa shape index (κ3) is 7.02. The minimum Gasteiger partial charge on any atom is -0.491 e. The third-order valence-corrected chi connectivity index (χ3v) is 5.13. The summed E-state index contributed by atoms with van der Waals surface area (Å²) in [5.41, 5.74) is 1.64. The summed E-state index contributed by atoms with van der Waals surface area (Å²) in [5, 5.41) is 6.72. The lowest BCUT2D eigenvalue weighted by atomic mass is 10.1. The van der Waals surface area contributed by atoms with E-state index in [0.29, 0.717) is 24.4 Å². The molecule has 30 heavy (non-hydrogen) atoms. The van der Waals surface area contributed by atoms with Gasteiger partial charge in [0, 0.05) is 25.3 Å². The van der Waals surface area contributed by atoms with Gasteiger partial charge in [-0.15, -0.1) is 0 Å². The molecule has 1 aliphatic rings. The maximum Gasteiger partial charge on any atom is 0.195 e. The van der Waals surface area contributed by atoms with Crippen molar-refractivity contribution in [3.05, 3.63) is 59.9 Å². The Hall–Kier alpha value is -2.60. The fourth-order valence-electron chi connectivity index (χ4n) is 3.58. The summed E-state index contributed by atoms with van der Waals surface area (Å²) in [6.07, 6.45) is 1.91. The molecule has 0 amide bonds. The van der Waals surface area contributed by atoms with Crippen LogP contribution in [0.4, 0.5) is 10.1 Å². The zero-order valence-corrected chi connectivity index (χ0v) is 18.2. The van der Waals surface area contributed by atoms with Crippen LogP contribution >= 0.6 is 0 Å². The van der Waals surface area contributed by atoms with Crippen LogP contribution in [0.1, 0.15) is 25.8 Å². The van der Waals surface area contributed by atoms with Crippen LogP contribution in [0.15, 0.2) is 53.5 Å². The van der Waals surface area contributed by atoms with Crippen molar-refractivity contribution in [3.8, 4) is 5.75 Å². The number of hydrogen-bond donors (Lipinski definition) is 2. The number of hydrogen-bond acceptors (Lipinski definition) is 3. The van der Waals surface area contributed by atoms with Gasteiger partial charge in [-0.3, -0.25) is 4.99 Å². The lowest BCUT2D eigenvalue weighted by Crippen LogP contribution is -2.33. The fraction of sp³-hybridized carbons (Fsp3) is 0.458. The molecule has 0 aliphatic carbocycles. The molecule has 6 heteroatoms. The average Bonchev–Trinajstić information content (AvgIpc) is 3.13. The van der Waals surface area contributed by atoms with E-state index < -0.39 is 0 Å². The summed E-state index contributed by atoms with van der Waals surface area (Å²) >= 11 is 0. The van der Waals surface area contributed by atoms with E-state index in [2.05, 4.69) is 22.6 Å². The molecule has 1 fully saturated rings. The maximum absolute atomic E-state index is 13.9. The Morgan fingerprint density at radius 3 is 2.63 bits per heavy atom. The van der Waals surface area contributed by atoms with Gasteiger partial charge >= 0.3 is 0 Å². The first-order chi connectivity index (χ1) is 14.5. The molecule has 0 aromatic heterocycles. The quantitative estimate of drug-likeness (QED) is 0.505. The number of nitrogens with one attached hydrogen (secondary N) is 2. The van der Waals surface area contributed by atoms with Gasteiger partial charge < -0.3 is 20.3 Å². The molecule has 0 spiro atoms. The van der Waals surface area contributed by atoms with Crippen LogP contribution in [-0.4, -0.2) is 50.2 Å². The number of aliphatic imine (C=N–C) groups is 1. The zero-order chi connectivity index (χ0) is 21.3. The van der Waals surface area contributed by atoms with Crippen molar-refractivity contribution in [1.82, 2.24) is 10.2 Å². The van der Waals surface area contributed by atoms with Crippen molar-refractivity contribution >= 4 is 11.6 Å². The molecule has 1 aliphatic heterocycles. The molecule has 2 aromatic rings. The minimum absolute atomic E-state index is 0.144. The van der Waals surface area contributed by atoms with Gasteiger partial charge in [0.25, 0.3) is 0 Å². The highest BCUT2D eigenvalue weighted by atomic mass is 19.1. The molecule has 1 unspecified atom stereocenters. The van der Waals surface area contributed by atoms with Gasteiger partial charge in [-0.1, -0.05) is 18.2 Å². The van der Waals surface area contributed by atoms with Gasteiger partial charge in [0.15, 0.2) is 5.96 Å². The molecule has 3 rings (SSSR count). The van der Waals surface area contributed by atoms with E-state index in [9.17, 15) is 4.39 Å². The average molecular weight is 413 g/mol. The van der Waals surface area contributed by atoms with Crippen molar-refractivity contribution in [1.29, 1.82) is 0 Å². The molecular formula is C24H33FN4O. The number of anilines is 1. The Labute approximate surface area is 179 Å². The maximum atomic E-state index is 13.9. The van der Waals surface area contributed by atoms with Crippen LogP contribution in [0.5, 0.6) is 5.75 Å². The summed E-state index contributed by atoms with van der Waals surface area (Å²) in [7, 11) is 2.15. The highest BCUT2D eigenvalue weighted by Crippen LogP contribution is 2.18. The van der Waals surface area contributed by atoms with E-state index in [1.807, 2.05) is 50.2 Å². The van der Waals surface area contributed by atoms with Crippen LogP contribution in [0.25, 0.3) is 0 Å².